The Labute approximate surface area is 208 Å². The smallest absolute Gasteiger partial charge is 0.244 e. The molecule has 0 fully saturated rings. The average molecular weight is 508 g/mol. The Morgan fingerprint density at radius 1 is 1.09 bits per heavy atom. The number of hydrogen-bond acceptors (Lipinski definition) is 4. The molecule has 0 spiro atoms. The van der Waals surface area contributed by atoms with Crippen molar-refractivity contribution in [3.05, 3.63) is 64.7 Å². The topological polar surface area (TPSA) is 86.8 Å². The van der Waals surface area contributed by atoms with E-state index in [1.54, 1.807) is 32.0 Å². The van der Waals surface area contributed by atoms with Gasteiger partial charge in [0.05, 0.1) is 11.9 Å². The lowest BCUT2D eigenvalue weighted by Crippen LogP contribution is -2.52. The number of carbonyl (C=O) groups is 2. The van der Waals surface area contributed by atoms with Crippen LogP contribution in [0.15, 0.2) is 48.5 Å². The number of nitrogens with zero attached hydrogens (tertiary/aromatic N) is 2. The van der Waals surface area contributed by atoms with Crippen LogP contribution in [-0.2, 0) is 26.0 Å². The summed E-state index contributed by atoms with van der Waals surface area (Å²) < 4.78 is 26.3. The van der Waals surface area contributed by atoms with Crippen LogP contribution in [0, 0.1) is 6.92 Å². The number of rotatable bonds is 12. The Kier molecular flexibility index (Phi) is 10.4. The minimum atomic E-state index is -3.79. The third kappa shape index (κ3) is 7.74. The van der Waals surface area contributed by atoms with Gasteiger partial charge in [-0.05, 0) is 49.9 Å². The van der Waals surface area contributed by atoms with Crippen LogP contribution in [-0.4, -0.2) is 57.1 Å². The fourth-order valence-electron chi connectivity index (χ4n) is 3.57. The summed E-state index contributed by atoms with van der Waals surface area (Å²) in [6.07, 6.45) is 3.37. The van der Waals surface area contributed by atoms with Crippen LogP contribution >= 0.6 is 11.6 Å². The first-order chi connectivity index (χ1) is 16.1. The van der Waals surface area contributed by atoms with Crippen LogP contribution in [0.1, 0.15) is 37.8 Å². The minimum Gasteiger partial charge on any atom is -0.354 e. The van der Waals surface area contributed by atoms with Gasteiger partial charge in [0.25, 0.3) is 0 Å². The summed E-state index contributed by atoms with van der Waals surface area (Å²) in [6, 6.07) is 13.8. The van der Waals surface area contributed by atoms with Crippen LogP contribution in [0.5, 0.6) is 0 Å². The van der Waals surface area contributed by atoms with Gasteiger partial charge in [-0.2, -0.15) is 0 Å². The molecule has 1 N–H and O–H groups in total. The molecule has 0 saturated carbocycles. The molecule has 1 atom stereocenters. The summed E-state index contributed by atoms with van der Waals surface area (Å²) in [4.78, 5) is 27.7. The number of hydrogen-bond donors (Lipinski definition) is 1. The van der Waals surface area contributed by atoms with Gasteiger partial charge in [0.1, 0.15) is 12.6 Å². The lowest BCUT2D eigenvalue weighted by Gasteiger charge is -2.32. The van der Waals surface area contributed by atoms with Gasteiger partial charge in [0.15, 0.2) is 0 Å². The maximum absolute atomic E-state index is 13.5. The SMILES string of the molecule is CCCCNC(=O)[C@@H](C)N(CCc1ccccc1)C(=O)CN(c1cccc(Cl)c1C)S(C)(=O)=O. The van der Waals surface area contributed by atoms with Crippen molar-refractivity contribution in [3.8, 4) is 0 Å². The molecule has 7 nitrogen and oxygen atoms in total. The highest BCUT2D eigenvalue weighted by molar-refractivity contribution is 7.92. The maximum atomic E-state index is 13.5. The predicted octanol–water partition coefficient (Wildman–Crippen LogP) is 3.79. The molecule has 9 heteroatoms. The Hall–Kier alpha value is -2.58. The van der Waals surface area contributed by atoms with E-state index in [1.165, 1.54) is 4.90 Å². The maximum Gasteiger partial charge on any atom is 0.244 e. The number of sulfonamides is 1. The number of amides is 2. The van der Waals surface area contributed by atoms with Crippen molar-refractivity contribution < 1.29 is 18.0 Å². The second-order valence-electron chi connectivity index (χ2n) is 8.30. The second kappa shape index (κ2) is 12.8. The molecule has 0 aliphatic carbocycles. The lowest BCUT2D eigenvalue weighted by atomic mass is 10.1. The monoisotopic (exact) mass is 507 g/mol. The standard InChI is InChI=1S/C25H34ClN3O4S/c1-5-6-16-27-25(31)20(3)28(17-15-21-11-8-7-9-12-21)24(30)18-29(34(4,32)33)23-14-10-13-22(26)19(23)2/h7-14,20H,5-6,15-18H2,1-4H3,(H,27,31)/t20-/m1/s1. The Morgan fingerprint density at radius 3 is 2.38 bits per heavy atom. The summed E-state index contributed by atoms with van der Waals surface area (Å²) in [5, 5.41) is 3.27. The van der Waals surface area contributed by atoms with E-state index in [0.29, 0.717) is 29.2 Å². The highest BCUT2D eigenvalue weighted by Gasteiger charge is 2.30. The van der Waals surface area contributed by atoms with Crippen molar-refractivity contribution in [1.29, 1.82) is 0 Å². The van der Waals surface area contributed by atoms with Crippen molar-refractivity contribution >= 4 is 39.1 Å². The van der Waals surface area contributed by atoms with Crippen LogP contribution in [0.4, 0.5) is 5.69 Å². The first-order valence-electron chi connectivity index (χ1n) is 11.4. The summed E-state index contributed by atoms with van der Waals surface area (Å²) in [7, 11) is -3.79. The zero-order valence-corrected chi connectivity index (χ0v) is 21.8. The van der Waals surface area contributed by atoms with Crippen LogP contribution in [0.3, 0.4) is 0 Å². The van der Waals surface area contributed by atoms with E-state index in [-0.39, 0.29) is 12.5 Å². The molecule has 2 rings (SSSR count). The predicted molar refractivity (Wildman–Crippen MR) is 138 cm³/mol. The normalized spacial score (nSPS) is 12.1. The van der Waals surface area contributed by atoms with E-state index >= 15 is 0 Å². The van der Waals surface area contributed by atoms with Crippen LogP contribution in [0.2, 0.25) is 5.02 Å². The minimum absolute atomic E-state index is 0.264. The molecule has 0 unspecified atom stereocenters. The fourth-order valence-corrected chi connectivity index (χ4v) is 4.64. The van der Waals surface area contributed by atoms with Crippen molar-refractivity contribution in [2.75, 3.05) is 30.2 Å². The van der Waals surface area contributed by atoms with Gasteiger partial charge >= 0.3 is 0 Å². The van der Waals surface area contributed by atoms with Crippen molar-refractivity contribution in [2.24, 2.45) is 0 Å². The molecule has 0 aliphatic rings. The number of anilines is 1. The molecule has 0 saturated heterocycles. The number of carbonyl (C=O) groups excluding carboxylic acids is 2. The zero-order valence-electron chi connectivity index (χ0n) is 20.3. The third-order valence-corrected chi connectivity index (χ3v) is 7.20. The quantitative estimate of drug-likeness (QED) is 0.443. The zero-order chi connectivity index (χ0) is 25.3. The van der Waals surface area contributed by atoms with E-state index < -0.39 is 28.5 Å². The Bertz CT molecular complexity index is 1080. The molecule has 34 heavy (non-hydrogen) atoms. The van der Waals surface area contributed by atoms with Gasteiger partial charge < -0.3 is 10.2 Å². The Balaban J connectivity index is 2.31. The Morgan fingerprint density at radius 2 is 1.76 bits per heavy atom. The van der Waals surface area contributed by atoms with Gasteiger partial charge in [0, 0.05) is 18.1 Å². The fraction of sp³-hybridized carbons (Fsp3) is 0.440. The molecule has 186 valence electrons. The average Bonchev–Trinajstić information content (AvgIpc) is 2.79. The largest absolute Gasteiger partial charge is 0.354 e. The number of unbranched alkanes of at least 4 members (excludes halogenated alkanes) is 1. The van der Waals surface area contributed by atoms with Crippen molar-refractivity contribution in [3.63, 3.8) is 0 Å². The van der Waals surface area contributed by atoms with Gasteiger partial charge in [-0.25, -0.2) is 8.42 Å². The molecular formula is C25H34ClN3O4S. The molecule has 2 amide bonds. The van der Waals surface area contributed by atoms with E-state index in [1.807, 2.05) is 37.3 Å². The highest BCUT2D eigenvalue weighted by Crippen LogP contribution is 2.28. The van der Waals surface area contributed by atoms with E-state index in [0.717, 1.165) is 29.0 Å². The summed E-state index contributed by atoms with van der Waals surface area (Å²) in [5.41, 5.74) is 1.92. The summed E-state index contributed by atoms with van der Waals surface area (Å²) in [6.45, 7) is 5.77. The first kappa shape index (κ1) is 27.7. The van der Waals surface area contributed by atoms with Gasteiger partial charge in [-0.15, -0.1) is 0 Å². The number of nitrogens with one attached hydrogen (secondary N) is 1. The summed E-state index contributed by atoms with van der Waals surface area (Å²) in [5.74, 6) is -0.724. The van der Waals surface area contributed by atoms with Crippen molar-refractivity contribution in [1.82, 2.24) is 10.2 Å². The lowest BCUT2D eigenvalue weighted by molar-refractivity contribution is -0.138. The van der Waals surface area contributed by atoms with Gasteiger partial charge in [0.2, 0.25) is 21.8 Å². The molecule has 0 aliphatic heterocycles. The number of benzene rings is 2. The van der Waals surface area contributed by atoms with E-state index in [4.69, 9.17) is 11.6 Å². The molecule has 0 heterocycles. The molecule has 0 aromatic heterocycles. The van der Waals surface area contributed by atoms with Crippen molar-refractivity contribution in [2.45, 2.75) is 46.1 Å². The summed E-state index contributed by atoms with van der Waals surface area (Å²) >= 11 is 6.21. The second-order valence-corrected chi connectivity index (χ2v) is 10.6. The van der Waals surface area contributed by atoms with Gasteiger partial charge in [-0.1, -0.05) is 61.3 Å². The van der Waals surface area contributed by atoms with E-state index in [2.05, 4.69) is 5.32 Å². The van der Waals surface area contributed by atoms with Gasteiger partial charge in [-0.3, -0.25) is 13.9 Å². The molecular weight excluding hydrogens is 474 g/mol. The molecule has 0 bridgehead atoms. The molecule has 2 aromatic carbocycles. The highest BCUT2D eigenvalue weighted by atomic mass is 35.5. The van der Waals surface area contributed by atoms with E-state index in [9.17, 15) is 18.0 Å². The molecule has 2 aromatic rings. The first-order valence-corrected chi connectivity index (χ1v) is 13.6. The number of halogens is 1. The third-order valence-electron chi connectivity index (χ3n) is 5.67. The van der Waals surface area contributed by atoms with Crippen LogP contribution < -0.4 is 9.62 Å². The van der Waals surface area contributed by atoms with Crippen LogP contribution in [0.25, 0.3) is 0 Å². The molecule has 0 radical (unpaired) electrons.